The summed E-state index contributed by atoms with van der Waals surface area (Å²) in [6.07, 6.45) is 5.92. The first-order valence-corrected chi connectivity index (χ1v) is 12.9. The highest BCUT2D eigenvalue weighted by Gasteiger charge is 2.29. The first-order chi connectivity index (χ1) is 17.4. The van der Waals surface area contributed by atoms with Gasteiger partial charge in [-0.05, 0) is 75.1 Å². The monoisotopic (exact) mass is 496 g/mol. The second-order valence-electron chi connectivity index (χ2n) is 9.64. The van der Waals surface area contributed by atoms with Crippen LogP contribution in [-0.4, -0.2) is 43.3 Å². The minimum atomic E-state index is -0.930. The third-order valence-corrected chi connectivity index (χ3v) is 6.80. The molecule has 0 aromatic heterocycles. The molecule has 1 saturated carbocycles. The van der Waals surface area contributed by atoms with E-state index >= 15 is 0 Å². The molecular weight excluding hydrogens is 460 g/mol. The fourth-order valence-electron chi connectivity index (χ4n) is 4.77. The lowest BCUT2D eigenvalue weighted by molar-refractivity contribution is -0.145. The molecule has 1 unspecified atom stereocenters. The predicted octanol–water partition coefficient (Wildman–Crippen LogP) is 5.43. The molecule has 7 heteroatoms. The van der Waals surface area contributed by atoms with Gasteiger partial charge in [-0.3, -0.25) is 4.79 Å². The van der Waals surface area contributed by atoms with Crippen LogP contribution in [0.2, 0.25) is 0 Å². The van der Waals surface area contributed by atoms with E-state index in [4.69, 9.17) is 18.9 Å². The number of rotatable bonds is 13. The number of benzene rings is 2. The van der Waals surface area contributed by atoms with E-state index in [-0.39, 0.29) is 5.78 Å². The van der Waals surface area contributed by atoms with E-state index in [0.29, 0.717) is 55.5 Å². The van der Waals surface area contributed by atoms with Gasteiger partial charge in [-0.25, -0.2) is 4.79 Å². The van der Waals surface area contributed by atoms with E-state index in [0.717, 1.165) is 47.5 Å². The van der Waals surface area contributed by atoms with E-state index in [9.17, 15) is 14.7 Å². The number of carboxylic acid groups (broad SMARTS) is 1. The number of aliphatic carboxylic acids is 1. The molecule has 36 heavy (non-hydrogen) atoms. The number of hydrogen-bond donors (Lipinski definition) is 1. The molecule has 1 heterocycles. The predicted molar refractivity (Wildman–Crippen MR) is 136 cm³/mol. The van der Waals surface area contributed by atoms with Gasteiger partial charge in [-0.15, -0.1) is 0 Å². The minimum absolute atomic E-state index is 0.0181. The Balaban J connectivity index is 1.40. The van der Waals surface area contributed by atoms with Gasteiger partial charge < -0.3 is 24.1 Å². The van der Waals surface area contributed by atoms with Gasteiger partial charge in [0.15, 0.2) is 11.9 Å². The van der Waals surface area contributed by atoms with Gasteiger partial charge in [0.2, 0.25) is 0 Å². The normalized spacial score (nSPS) is 16.6. The largest absolute Gasteiger partial charge is 0.496 e. The lowest BCUT2D eigenvalue weighted by atomic mass is 9.96. The van der Waals surface area contributed by atoms with E-state index in [1.54, 1.807) is 20.1 Å². The van der Waals surface area contributed by atoms with Crippen molar-refractivity contribution in [1.29, 1.82) is 0 Å². The van der Waals surface area contributed by atoms with Gasteiger partial charge in [-0.1, -0.05) is 19.4 Å². The quantitative estimate of drug-likeness (QED) is 0.292. The summed E-state index contributed by atoms with van der Waals surface area (Å²) in [4.78, 5) is 23.5. The second-order valence-corrected chi connectivity index (χ2v) is 9.64. The fourth-order valence-corrected chi connectivity index (χ4v) is 4.77. The van der Waals surface area contributed by atoms with Crippen molar-refractivity contribution >= 4 is 11.8 Å². The van der Waals surface area contributed by atoms with Crippen LogP contribution in [0.15, 0.2) is 24.3 Å². The lowest BCUT2D eigenvalue weighted by Crippen LogP contribution is -2.31. The number of ketones is 1. The Kier molecular flexibility index (Phi) is 8.39. The van der Waals surface area contributed by atoms with Crippen molar-refractivity contribution in [3.63, 3.8) is 0 Å². The molecule has 194 valence electrons. The van der Waals surface area contributed by atoms with Crippen LogP contribution < -0.4 is 18.9 Å². The highest BCUT2D eigenvalue weighted by Crippen LogP contribution is 2.41. The topological polar surface area (TPSA) is 91.3 Å². The summed E-state index contributed by atoms with van der Waals surface area (Å²) in [7, 11) is 1.60. The van der Waals surface area contributed by atoms with Crippen LogP contribution in [0.4, 0.5) is 0 Å². The van der Waals surface area contributed by atoms with E-state index in [1.165, 1.54) is 12.8 Å². The van der Waals surface area contributed by atoms with Crippen molar-refractivity contribution in [3.8, 4) is 23.0 Å². The van der Waals surface area contributed by atoms with Gasteiger partial charge >= 0.3 is 5.97 Å². The average molecular weight is 497 g/mol. The Labute approximate surface area is 212 Å². The maximum atomic E-state index is 12.1. The molecule has 0 spiro atoms. The van der Waals surface area contributed by atoms with Crippen LogP contribution in [-0.2, 0) is 24.1 Å². The van der Waals surface area contributed by atoms with E-state index in [2.05, 4.69) is 6.92 Å². The Hall–Kier alpha value is -3.22. The number of carbonyl (C=O) groups is 2. The molecular formula is C29H36O7. The van der Waals surface area contributed by atoms with Crippen molar-refractivity contribution in [1.82, 2.24) is 0 Å². The number of carbonyl (C=O) groups excluding carboxylic acids is 1. The van der Waals surface area contributed by atoms with Crippen LogP contribution in [0, 0.1) is 5.92 Å². The molecule has 2 aliphatic rings. The van der Waals surface area contributed by atoms with Crippen LogP contribution in [0.3, 0.4) is 0 Å². The molecule has 7 nitrogen and oxygen atoms in total. The number of hydrogen-bond acceptors (Lipinski definition) is 6. The van der Waals surface area contributed by atoms with Crippen LogP contribution >= 0.6 is 0 Å². The first kappa shape index (κ1) is 25.9. The summed E-state index contributed by atoms with van der Waals surface area (Å²) >= 11 is 0. The SMILES string of the molecule is CCCc1c(OCCCOc2ccc(C(C)=O)c(OC)c2CC2CC2)ccc2c1OC(C(=O)O)CC2. The third-order valence-electron chi connectivity index (χ3n) is 6.80. The van der Waals surface area contributed by atoms with Crippen LogP contribution in [0.1, 0.15) is 73.0 Å². The Morgan fingerprint density at radius 3 is 2.33 bits per heavy atom. The molecule has 1 aliphatic heterocycles. The molecule has 0 saturated heterocycles. The standard InChI is InChI=1S/C29H36O7/c1-4-6-22-24(12-9-20-10-13-26(29(31)32)36-27(20)22)34-15-5-16-35-25-14-11-21(18(2)30)28(33-3)23(25)17-19-7-8-19/h9,11-12,14,19,26H,4-8,10,13,15-17H2,1-3H3,(H,31,32). The molecule has 2 aromatic rings. The van der Waals surface area contributed by atoms with Crippen molar-refractivity contribution in [2.75, 3.05) is 20.3 Å². The highest BCUT2D eigenvalue weighted by molar-refractivity contribution is 5.97. The molecule has 1 atom stereocenters. The Morgan fingerprint density at radius 1 is 1.03 bits per heavy atom. The molecule has 1 fully saturated rings. The zero-order valence-corrected chi connectivity index (χ0v) is 21.4. The number of Topliss-reactive ketones (excluding diaryl/α,β-unsaturated/α-hetero) is 1. The van der Waals surface area contributed by atoms with Gasteiger partial charge in [0.1, 0.15) is 23.0 Å². The molecule has 0 bridgehead atoms. The number of fused-ring (bicyclic) bond motifs is 1. The number of methoxy groups -OCH3 is 1. The summed E-state index contributed by atoms with van der Waals surface area (Å²) in [5, 5.41) is 9.40. The molecule has 1 aliphatic carbocycles. The van der Waals surface area contributed by atoms with Crippen molar-refractivity contribution in [2.24, 2.45) is 5.92 Å². The number of aryl methyl sites for hydroxylation is 1. The van der Waals surface area contributed by atoms with Crippen molar-refractivity contribution in [3.05, 3.63) is 46.5 Å². The van der Waals surface area contributed by atoms with E-state index in [1.807, 2.05) is 18.2 Å². The Bertz CT molecular complexity index is 1100. The highest BCUT2D eigenvalue weighted by atomic mass is 16.5. The smallest absolute Gasteiger partial charge is 0.344 e. The van der Waals surface area contributed by atoms with Gasteiger partial charge in [-0.2, -0.15) is 0 Å². The zero-order chi connectivity index (χ0) is 25.7. The average Bonchev–Trinajstić information content (AvgIpc) is 3.69. The van der Waals surface area contributed by atoms with Gasteiger partial charge in [0.25, 0.3) is 0 Å². The summed E-state index contributed by atoms with van der Waals surface area (Å²) in [5.41, 5.74) is 3.54. The number of carboxylic acids is 1. The lowest BCUT2D eigenvalue weighted by Gasteiger charge is -2.26. The maximum absolute atomic E-state index is 12.1. The summed E-state index contributed by atoms with van der Waals surface area (Å²) < 4.78 is 23.7. The van der Waals surface area contributed by atoms with Crippen molar-refractivity contribution in [2.45, 2.75) is 71.3 Å². The van der Waals surface area contributed by atoms with Gasteiger partial charge in [0, 0.05) is 17.5 Å². The van der Waals surface area contributed by atoms with Gasteiger partial charge in [0.05, 0.1) is 25.9 Å². The van der Waals surface area contributed by atoms with Crippen molar-refractivity contribution < 1.29 is 33.6 Å². The molecule has 2 aromatic carbocycles. The minimum Gasteiger partial charge on any atom is -0.496 e. The zero-order valence-electron chi connectivity index (χ0n) is 21.4. The Morgan fingerprint density at radius 2 is 1.72 bits per heavy atom. The van der Waals surface area contributed by atoms with E-state index < -0.39 is 12.1 Å². The number of ether oxygens (including phenoxy) is 4. The van der Waals surface area contributed by atoms with Crippen LogP contribution in [0.5, 0.6) is 23.0 Å². The first-order valence-electron chi connectivity index (χ1n) is 12.9. The molecule has 0 amide bonds. The fraction of sp³-hybridized carbons (Fsp3) is 0.517. The maximum Gasteiger partial charge on any atom is 0.344 e. The summed E-state index contributed by atoms with van der Waals surface area (Å²) in [5.74, 6) is 2.47. The molecule has 0 radical (unpaired) electrons. The molecule has 4 rings (SSSR count). The summed E-state index contributed by atoms with van der Waals surface area (Å²) in [6, 6.07) is 7.59. The molecule has 1 N–H and O–H groups in total. The second kappa shape index (κ2) is 11.7. The van der Waals surface area contributed by atoms with Crippen LogP contribution in [0.25, 0.3) is 0 Å². The third kappa shape index (κ3) is 5.94. The summed E-state index contributed by atoms with van der Waals surface area (Å²) in [6.45, 7) is 4.56.